The number of ketones is 1. The van der Waals surface area contributed by atoms with Gasteiger partial charge in [-0.2, -0.15) is 0 Å². The zero-order chi connectivity index (χ0) is 11.6. The van der Waals surface area contributed by atoms with E-state index in [9.17, 15) is 14.9 Å². The molecule has 0 saturated heterocycles. The van der Waals surface area contributed by atoms with Crippen molar-refractivity contribution in [1.29, 1.82) is 0 Å². The molecule has 15 heavy (non-hydrogen) atoms. The Morgan fingerprint density at radius 1 is 1.53 bits per heavy atom. The normalized spacial score (nSPS) is 9.80. The van der Waals surface area contributed by atoms with Gasteiger partial charge in [-0.05, 0) is 28.9 Å². The Kier molecular flexibility index (Phi) is 3.41. The van der Waals surface area contributed by atoms with Crippen LogP contribution >= 0.6 is 15.9 Å². The number of Topliss-reactive ketones (excluding diaryl/α,β-unsaturated/α-hetero) is 1. The van der Waals surface area contributed by atoms with E-state index < -0.39 is 4.92 Å². The van der Waals surface area contributed by atoms with Crippen LogP contribution in [0.4, 0.5) is 5.69 Å². The fourth-order valence-electron chi connectivity index (χ4n) is 1.23. The number of methoxy groups -OCH3 is 1. The van der Waals surface area contributed by atoms with Crippen LogP contribution in [0.1, 0.15) is 17.3 Å². The highest BCUT2D eigenvalue weighted by molar-refractivity contribution is 9.10. The summed E-state index contributed by atoms with van der Waals surface area (Å²) in [6, 6.07) is 2.74. The fraction of sp³-hybridized carbons (Fsp3) is 0.222. The lowest BCUT2D eigenvalue weighted by molar-refractivity contribution is -0.385. The average Bonchev–Trinajstić information content (AvgIpc) is 2.15. The van der Waals surface area contributed by atoms with Gasteiger partial charge in [0.05, 0.1) is 17.6 Å². The molecule has 0 unspecified atom stereocenters. The maximum Gasteiger partial charge on any atom is 0.311 e. The van der Waals surface area contributed by atoms with Crippen LogP contribution in [0, 0.1) is 10.1 Å². The first-order valence-electron chi connectivity index (χ1n) is 4.00. The first-order chi connectivity index (χ1) is 6.99. The molecule has 0 radical (unpaired) electrons. The third-order valence-corrected chi connectivity index (χ3v) is 2.50. The molecule has 0 fully saturated rings. The minimum Gasteiger partial charge on any atom is -0.490 e. The summed E-state index contributed by atoms with van der Waals surface area (Å²) in [5.74, 6) is -0.302. The van der Waals surface area contributed by atoms with Crippen molar-refractivity contribution in [3.8, 4) is 5.75 Å². The van der Waals surface area contributed by atoms with E-state index in [2.05, 4.69) is 15.9 Å². The molecule has 1 aromatic rings. The van der Waals surface area contributed by atoms with Crippen LogP contribution in [0.2, 0.25) is 0 Å². The number of carbonyl (C=O) groups is 1. The molecule has 0 aliphatic carbocycles. The second-order valence-electron chi connectivity index (χ2n) is 2.79. The van der Waals surface area contributed by atoms with Crippen molar-refractivity contribution < 1.29 is 14.5 Å². The molecule has 0 heterocycles. The molecular formula is C9H8BrNO4. The standard InChI is InChI=1S/C9H8BrNO4/c1-5(12)8-6(10)3-4-7(11(13)14)9(8)15-2/h3-4H,1-2H3. The predicted molar refractivity (Wildman–Crippen MR) is 57.4 cm³/mol. The summed E-state index contributed by atoms with van der Waals surface area (Å²) in [7, 11) is 1.29. The lowest BCUT2D eigenvalue weighted by Crippen LogP contribution is -2.02. The Morgan fingerprint density at radius 2 is 2.13 bits per heavy atom. The molecule has 0 aliphatic heterocycles. The first-order valence-corrected chi connectivity index (χ1v) is 4.80. The lowest BCUT2D eigenvalue weighted by atomic mass is 10.1. The van der Waals surface area contributed by atoms with Crippen molar-refractivity contribution >= 4 is 27.4 Å². The maximum absolute atomic E-state index is 11.3. The van der Waals surface area contributed by atoms with Gasteiger partial charge >= 0.3 is 5.69 Å². The van der Waals surface area contributed by atoms with Crippen molar-refractivity contribution in [2.45, 2.75) is 6.92 Å². The average molecular weight is 274 g/mol. The van der Waals surface area contributed by atoms with Crippen LogP contribution < -0.4 is 4.74 Å². The number of hydrogen-bond acceptors (Lipinski definition) is 4. The van der Waals surface area contributed by atoms with Crippen LogP contribution in [0.15, 0.2) is 16.6 Å². The molecule has 6 heteroatoms. The highest BCUT2D eigenvalue weighted by atomic mass is 79.9. The van der Waals surface area contributed by atoms with Gasteiger partial charge in [-0.15, -0.1) is 0 Å². The quantitative estimate of drug-likeness (QED) is 0.482. The Morgan fingerprint density at radius 3 is 2.53 bits per heavy atom. The van der Waals surface area contributed by atoms with Crippen molar-refractivity contribution in [3.05, 3.63) is 32.3 Å². The molecule has 0 saturated carbocycles. The molecule has 0 amide bonds. The van der Waals surface area contributed by atoms with Crippen LogP contribution in [-0.2, 0) is 0 Å². The smallest absolute Gasteiger partial charge is 0.311 e. The second kappa shape index (κ2) is 4.39. The van der Waals surface area contributed by atoms with E-state index in [1.54, 1.807) is 0 Å². The number of nitrogens with zero attached hydrogens (tertiary/aromatic N) is 1. The van der Waals surface area contributed by atoms with Gasteiger partial charge in [0.15, 0.2) is 5.78 Å². The van der Waals surface area contributed by atoms with Crippen molar-refractivity contribution in [2.24, 2.45) is 0 Å². The van der Waals surface area contributed by atoms with E-state index in [4.69, 9.17) is 4.74 Å². The van der Waals surface area contributed by atoms with Gasteiger partial charge in [-0.1, -0.05) is 0 Å². The summed E-state index contributed by atoms with van der Waals surface area (Å²) < 4.78 is 5.37. The van der Waals surface area contributed by atoms with Gasteiger partial charge in [-0.25, -0.2) is 0 Å². The molecule has 0 spiro atoms. The number of rotatable bonds is 3. The van der Waals surface area contributed by atoms with E-state index in [0.29, 0.717) is 4.47 Å². The van der Waals surface area contributed by atoms with Gasteiger partial charge in [-0.3, -0.25) is 14.9 Å². The Bertz CT molecular complexity index is 430. The zero-order valence-corrected chi connectivity index (χ0v) is 9.70. The van der Waals surface area contributed by atoms with E-state index in [1.807, 2.05) is 0 Å². The third kappa shape index (κ3) is 2.15. The fourth-order valence-corrected chi connectivity index (χ4v) is 1.82. The number of halogens is 1. The van der Waals surface area contributed by atoms with Crippen molar-refractivity contribution in [1.82, 2.24) is 0 Å². The highest BCUT2D eigenvalue weighted by Gasteiger charge is 2.23. The number of hydrogen-bond donors (Lipinski definition) is 0. The van der Waals surface area contributed by atoms with Gasteiger partial charge in [0.2, 0.25) is 5.75 Å². The first kappa shape index (κ1) is 11.6. The summed E-state index contributed by atoms with van der Waals surface area (Å²) in [6.07, 6.45) is 0. The molecule has 0 bridgehead atoms. The summed E-state index contributed by atoms with van der Waals surface area (Å²) in [5, 5.41) is 10.7. The van der Waals surface area contributed by atoms with Crippen molar-refractivity contribution in [2.75, 3.05) is 7.11 Å². The molecular weight excluding hydrogens is 266 g/mol. The second-order valence-corrected chi connectivity index (χ2v) is 3.64. The van der Waals surface area contributed by atoms with E-state index in [-0.39, 0.29) is 22.8 Å². The van der Waals surface area contributed by atoms with Gasteiger partial charge in [0.25, 0.3) is 0 Å². The number of carbonyl (C=O) groups excluding carboxylic acids is 1. The van der Waals surface area contributed by atoms with Gasteiger partial charge < -0.3 is 4.74 Å². The van der Waals surface area contributed by atoms with Crippen molar-refractivity contribution in [3.63, 3.8) is 0 Å². The van der Waals surface area contributed by atoms with Crippen LogP contribution in [-0.4, -0.2) is 17.8 Å². The number of benzene rings is 1. The maximum atomic E-state index is 11.3. The number of ether oxygens (including phenoxy) is 1. The van der Waals surface area contributed by atoms with Crippen LogP contribution in [0.3, 0.4) is 0 Å². The largest absolute Gasteiger partial charge is 0.490 e. The molecule has 0 aromatic heterocycles. The predicted octanol–water partition coefficient (Wildman–Crippen LogP) is 2.57. The summed E-state index contributed by atoms with van der Waals surface area (Å²) >= 11 is 3.15. The van der Waals surface area contributed by atoms with Gasteiger partial charge in [0.1, 0.15) is 0 Å². The third-order valence-electron chi connectivity index (χ3n) is 1.84. The van der Waals surface area contributed by atoms with Crippen LogP contribution in [0.5, 0.6) is 5.75 Å². The lowest BCUT2D eigenvalue weighted by Gasteiger charge is -2.07. The molecule has 1 rings (SSSR count). The van der Waals surface area contributed by atoms with E-state index in [0.717, 1.165) is 0 Å². The molecule has 80 valence electrons. The summed E-state index contributed by atoms with van der Waals surface area (Å²) in [4.78, 5) is 21.4. The SMILES string of the molecule is COc1c([N+](=O)[O-])ccc(Br)c1C(C)=O. The molecule has 1 aromatic carbocycles. The van der Waals surface area contributed by atoms with E-state index in [1.165, 1.54) is 26.2 Å². The minimum absolute atomic E-state index is 0.0122. The molecule has 0 aliphatic rings. The van der Waals surface area contributed by atoms with Crippen LogP contribution in [0.25, 0.3) is 0 Å². The monoisotopic (exact) mass is 273 g/mol. The molecule has 5 nitrogen and oxygen atoms in total. The van der Waals surface area contributed by atoms with E-state index >= 15 is 0 Å². The number of nitro groups is 1. The topological polar surface area (TPSA) is 69.4 Å². The molecule has 0 atom stereocenters. The minimum atomic E-state index is -0.586. The zero-order valence-electron chi connectivity index (χ0n) is 8.11. The number of nitro benzene ring substituents is 1. The Hall–Kier alpha value is -1.43. The Labute approximate surface area is 94.3 Å². The summed E-state index contributed by atoms with van der Waals surface area (Å²) in [6.45, 7) is 1.33. The highest BCUT2D eigenvalue weighted by Crippen LogP contribution is 2.35. The summed E-state index contributed by atoms with van der Waals surface area (Å²) in [5.41, 5.74) is -0.0300. The van der Waals surface area contributed by atoms with Gasteiger partial charge in [0, 0.05) is 10.5 Å². The molecule has 0 N–H and O–H groups in total. The Balaban J connectivity index is 3.54.